The molecule has 0 aliphatic heterocycles. The molecule has 2 rings (SSSR count). The van der Waals surface area contributed by atoms with Crippen molar-refractivity contribution in [2.75, 3.05) is 0 Å². The van der Waals surface area contributed by atoms with E-state index in [9.17, 15) is 17.6 Å². The third-order valence-corrected chi connectivity index (χ3v) is 2.68. The first-order valence-electron chi connectivity index (χ1n) is 5.79. The van der Waals surface area contributed by atoms with Gasteiger partial charge in [0.05, 0.1) is 17.9 Å². The van der Waals surface area contributed by atoms with E-state index >= 15 is 0 Å². The number of rotatable bonds is 3. The summed E-state index contributed by atoms with van der Waals surface area (Å²) in [6, 6.07) is 2.05. The topological polar surface area (TPSA) is 55.2 Å². The Morgan fingerprint density at radius 2 is 2.00 bits per heavy atom. The molecule has 112 valence electrons. The van der Waals surface area contributed by atoms with Crippen LogP contribution in [0.5, 0.6) is 11.8 Å². The van der Waals surface area contributed by atoms with Crippen LogP contribution in [0.3, 0.4) is 0 Å². The molecular formula is C13H10F4N2O2. The van der Waals surface area contributed by atoms with Gasteiger partial charge in [-0.15, -0.1) is 0 Å². The number of aryl methyl sites for hydroxylation is 1. The highest BCUT2D eigenvalue weighted by Crippen LogP contribution is 2.34. The average Bonchev–Trinajstić information content (AvgIpc) is 2.40. The summed E-state index contributed by atoms with van der Waals surface area (Å²) in [4.78, 5) is 7.64. The number of hydrogen-bond acceptors (Lipinski definition) is 4. The molecule has 0 aliphatic rings. The predicted molar refractivity (Wildman–Crippen MR) is 64.2 cm³/mol. The van der Waals surface area contributed by atoms with Crippen LogP contribution in [0.1, 0.15) is 16.8 Å². The van der Waals surface area contributed by atoms with Crippen LogP contribution in [0.2, 0.25) is 0 Å². The lowest BCUT2D eigenvalue weighted by molar-refractivity contribution is -0.140. The molecule has 4 nitrogen and oxygen atoms in total. The van der Waals surface area contributed by atoms with Crippen molar-refractivity contribution in [1.29, 1.82) is 0 Å². The van der Waals surface area contributed by atoms with Crippen molar-refractivity contribution in [3.05, 3.63) is 47.0 Å². The molecule has 0 spiro atoms. The molecule has 1 heterocycles. The number of aromatic nitrogens is 2. The third kappa shape index (κ3) is 3.46. The lowest BCUT2D eigenvalue weighted by Gasteiger charge is -2.10. The van der Waals surface area contributed by atoms with Gasteiger partial charge in [0.2, 0.25) is 0 Å². The Balaban J connectivity index is 2.30. The lowest BCUT2D eigenvalue weighted by atomic mass is 10.2. The zero-order chi connectivity index (χ0) is 15.6. The number of nitrogens with zero attached hydrogens (tertiary/aromatic N) is 2. The van der Waals surface area contributed by atoms with E-state index in [0.717, 1.165) is 6.07 Å². The van der Waals surface area contributed by atoms with Gasteiger partial charge in [0.15, 0.2) is 0 Å². The van der Waals surface area contributed by atoms with Crippen LogP contribution >= 0.6 is 0 Å². The molecule has 0 radical (unpaired) electrons. The molecule has 0 bridgehead atoms. The van der Waals surface area contributed by atoms with E-state index in [0.29, 0.717) is 23.4 Å². The molecule has 1 aromatic heterocycles. The van der Waals surface area contributed by atoms with Crippen LogP contribution in [0.4, 0.5) is 17.6 Å². The zero-order valence-electron chi connectivity index (χ0n) is 10.8. The first kappa shape index (κ1) is 15.2. The van der Waals surface area contributed by atoms with Gasteiger partial charge in [-0.1, -0.05) is 0 Å². The summed E-state index contributed by atoms with van der Waals surface area (Å²) < 4.78 is 55.9. The van der Waals surface area contributed by atoms with Gasteiger partial charge in [-0.25, -0.2) is 9.37 Å². The number of aliphatic hydroxyl groups excluding tert-OH is 1. The Morgan fingerprint density at radius 3 is 2.57 bits per heavy atom. The number of halogens is 4. The molecule has 2 aromatic rings. The van der Waals surface area contributed by atoms with Gasteiger partial charge in [-0.2, -0.15) is 18.2 Å². The maximum absolute atomic E-state index is 13.1. The van der Waals surface area contributed by atoms with Crippen molar-refractivity contribution in [2.24, 2.45) is 0 Å². The second-order valence-electron chi connectivity index (χ2n) is 4.16. The number of alkyl halides is 3. The van der Waals surface area contributed by atoms with Crippen molar-refractivity contribution < 1.29 is 27.4 Å². The Kier molecular flexibility index (Phi) is 4.08. The highest BCUT2D eigenvalue weighted by atomic mass is 19.4. The molecule has 1 aromatic carbocycles. The normalized spacial score (nSPS) is 11.5. The maximum atomic E-state index is 13.1. The maximum Gasteiger partial charge on any atom is 0.419 e. The summed E-state index contributed by atoms with van der Waals surface area (Å²) in [7, 11) is 0. The molecule has 1 N–H and O–H groups in total. The first-order chi connectivity index (χ1) is 9.81. The predicted octanol–water partition coefficient (Wildman–Crippen LogP) is 3.23. The number of ether oxygens (including phenoxy) is 1. The van der Waals surface area contributed by atoms with Crippen LogP contribution in [0, 0.1) is 12.7 Å². The Hall–Kier alpha value is -2.22. The van der Waals surface area contributed by atoms with Crippen molar-refractivity contribution >= 4 is 0 Å². The molecule has 0 fully saturated rings. The molecular weight excluding hydrogens is 292 g/mol. The molecule has 0 saturated carbocycles. The fourth-order valence-electron chi connectivity index (χ4n) is 1.57. The minimum absolute atomic E-state index is 0.190. The highest BCUT2D eigenvalue weighted by Gasteiger charge is 2.34. The Morgan fingerprint density at radius 1 is 1.29 bits per heavy atom. The second-order valence-corrected chi connectivity index (χ2v) is 4.16. The standard InChI is InChI=1S/C13H10F4N2O2/c1-7-8(6-20)5-18-12(19-7)21-9-2-3-11(14)10(4-9)13(15,16)17/h2-5,20H,6H2,1H3. The minimum Gasteiger partial charge on any atom is -0.424 e. The van der Waals surface area contributed by atoms with Gasteiger partial charge in [0.25, 0.3) is 0 Å². The minimum atomic E-state index is -4.82. The largest absolute Gasteiger partial charge is 0.424 e. The third-order valence-electron chi connectivity index (χ3n) is 2.68. The smallest absolute Gasteiger partial charge is 0.419 e. The van der Waals surface area contributed by atoms with Gasteiger partial charge in [0, 0.05) is 11.8 Å². The summed E-state index contributed by atoms with van der Waals surface area (Å²) in [5.41, 5.74) is -0.526. The quantitative estimate of drug-likeness (QED) is 0.884. The first-order valence-corrected chi connectivity index (χ1v) is 5.79. The fraction of sp³-hybridized carbons (Fsp3) is 0.231. The van der Waals surface area contributed by atoms with E-state index in [4.69, 9.17) is 9.84 Å². The molecule has 8 heteroatoms. The number of benzene rings is 1. The van der Waals surface area contributed by atoms with E-state index in [1.54, 1.807) is 6.92 Å². The molecule has 0 unspecified atom stereocenters. The van der Waals surface area contributed by atoms with Gasteiger partial charge in [0.1, 0.15) is 11.6 Å². The van der Waals surface area contributed by atoms with Crippen LogP contribution in [0.25, 0.3) is 0 Å². The van der Waals surface area contributed by atoms with E-state index < -0.39 is 17.6 Å². The summed E-state index contributed by atoms with van der Waals surface area (Å²) >= 11 is 0. The van der Waals surface area contributed by atoms with Crippen molar-refractivity contribution in [2.45, 2.75) is 19.7 Å². The van der Waals surface area contributed by atoms with Gasteiger partial charge >= 0.3 is 12.2 Å². The van der Waals surface area contributed by atoms with E-state index in [-0.39, 0.29) is 18.4 Å². The van der Waals surface area contributed by atoms with Crippen molar-refractivity contribution in [1.82, 2.24) is 9.97 Å². The molecule has 0 atom stereocenters. The van der Waals surface area contributed by atoms with E-state index in [2.05, 4.69) is 9.97 Å². The lowest BCUT2D eigenvalue weighted by Crippen LogP contribution is -2.08. The monoisotopic (exact) mass is 302 g/mol. The summed E-state index contributed by atoms with van der Waals surface area (Å²) in [5, 5.41) is 8.97. The van der Waals surface area contributed by atoms with Crippen LogP contribution in [-0.4, -0.2) is 15.1 Å². The van der Waals surface area contributed by atoms with Crippen LogP contribution in [0.15, 0.2) is 24.4 Å². The highest BCUT2D eigenvalue weighted by molar-refractivity contribution is 5.33. The molecule has 21 heavy (non-hydrogen) atoms. The van der Waals surface area contributed by atoms with Gasteiger partial charge in [-0.05, 0) is 25.1 Å². The molecule has 0 aliphatic carbocycles. The van der Waals surface area contributed by atoms with Crippen molar-refractivity contribution in [3.63, 3.8) is 0 Å². The van der Waals surface area contributed by atoms with Crippen LogP contribution < -0.4 is 4.74 Å². The average molecular weight is 302 g/mol. The summed E-state index contributed by atoms with van der Waals surface area (Å²) in [6.45, 7) is 1.33. The Bertz CT molecular complexity index is 659. The zero-order valence-corrected chi connectivity index (χ0v) is 10.8. The molecule has 0 amide bonds. The van der Waals surface area contributed by atoms with Gasteiger partial charge < -0.3 is 9.84 Å². The summed E-state index contributed by atoms with van der Waals surface area (Å²) in [5.74, 6) is -1.62. The second kappa shape index (κ2) is 5.65. The van der Waals surface area contributed by atoms with E-state index in [1.807, 2.05) is 0 Å². The van der Waals surface area contributed by atoms with E-state index in [1.165, 1.54) is 6.20 Å². The fourth-order valence-corrected chi connectivity index (χ4v) is 1.57. The SMILES string of the molecule is Cc1nc(Oc2ccc(F)c(C(F)(F)F)c2)ncc1CO. The van der Waals surface area contributed by atoms with Crippen LogP contribution in [-0.2, 0) is 12.8 Å². The number of hydrogen-bond donors (Lipinski definition) is 1. The van der Waals surface area contributed by atoms with Gasteiger partial charge in [-0.3, -0.25) is 0 Å². The Labute approximate surface area is 117 Å². The molecule has 0 saturated heterocycles. The summed E-state index contributed by atoms with van der Waals surface area (Å²) in [6.07, 6.45) is -3.52. The number of aliphatic hydroxyl groups is 1. The van der Waals surface area contributed by atoms with Crippen molar-refractivity contribution in [3.8, 4) is 11.8 Å².